The third kappa shape index (κ3) is 7.05. The summed E-state index contributed by atoms with van der Waals surface area (Å²) in [4.78, 5) is 7.33. The first-order valence-corrected chi connectivity index (χ1v) is 10.8. The normalized spacial score (nSPS) is 20.3. The van der Waals surface area contributed by atoms with Gasteiger partial charge in [0.25, 0.3) is 0 Å². The Labute approximate surface area is 190 Å². The summed E-state index contributed by atoms with van der Waals surface area (Å²) < 4.78 is 27.1. The second kappa shape index (κ2) is 12.0. The zero-order valence-corrected chi connectivity index (χ0v) is 19.9. The van der Waals surface area contributed by atoms with Crippen molar-refractivity contribution in [1.29, 1.82) is 0 Å². The standard InChI is InChI=1S/C22H34F2N4.HI/c1-3-25-22(26-15-16(2)20-9-8-17(23)14-21(20)24)27-18-10-12-28(13-11-18)19-6-4-5-7-19;/h8-9,14,16,18-19H,3-7,10-13,15H2,1-2H3,(H2,25,26,27);1H. The highest BCUT2D eigenvalue weighted by molar-refractivity contribution is 14.0. The highest BCUT2D eigenvalue weighted by Crippen LogP contribution is 2.26. The van der Waals surface area contributed by atoms with Crippen LogP contribution in [0.25, 0.3) is 0 Å². The van der Waals surface area contributed by atoms with E-state index in [4.69, 9.17) is 0 Å². The summed E-state index contributed by atoms with van der Waals surface area (Å²) in [6.07, 6.45) is 7.74. The van der Waals surface area contributed by atoms with Gasteiger partial charge in [-0.05, 0) is 44.2 Å². The van der Waals surface area contributed by atoms with Crippen LogP contribution in [0.4, 0.5) is 8.78 Å². The summed E-state index contributed by atoms with van der Waals surface area (Å²) >= 11 is 0. The predicted molar refractivity (Wildman–Crippen MR) is 126 cm³/mol. The molecule has 0 bridgehead atoms. The van der Waals surface area contributed by atoms with E-state index in [-0.39, 0.29) is 29.9 Å². The Morgan fingerprint density at radius 3 is 2.48 bits per heavy atom. The second-order valence-electron chi connectivity index (χ2n) is 8.18. The first-order chi connectivity index (χ1) is 13.6. The number of nitrogens with one attached hydrogen (secondary N) is 2. The van der Waals surface area contributed by atoms with Crippen LogP contribution in [0.1, 0.15) is 63.9 Å². The maximum atomic E-state index is 14.0. The molecule has 164 valence electrons. The smallest absolute Gasteiger partial charge is 0.191 e. The van der Waals surface area contributed by atoms with Crippen molar-refractivity contribution >= 4 is 29.9 Å². The van der Waals surface area contributed by atoms with Crippen molar-refractivity contribution in [2.24, 2.45) is 4.99 Å². The van der Waals surface area contributed by atoms with Crippen LogP contribution in [-0.2, 0) is 0 Å². The van der Waals surface area contributed by atoms with Crippen LogP contribution < -0.4 is 10.6 Å². The number of halogens is 3. The van der Waals surface area contributed by atoms with E-state index in [1.807, 2.05) is 13.8 Å². The van der Waals surface area contributed by atoms with Crippen molar-refractivity contribution in [2.45, 2.75) is 70.4 Å². The van der Waals surface area contributed by atoms with Crippen molar-refractivity contribution in [3.63, 3.8) is 0 Å². The molecular weight excluding hydrogens is 485 g/mol. The molecule has 1 saturated carbocycles. The third-order valence-corrected chi connectivity index (χ3v) is 6.07. The first-order valence-electron chi connectivity index (χ1n) is 10.8. The van der Waals surface area contributed by atoms with Crippen molar-refractivity contribution in [1.82, 2.24) is 15.5 Å². The zero-order valence-electron chi connectivity index (χ0n) is 17.6. The summed E-state index contributed by atoms with van der Waals surface area (Å²) in [5, 5.41) is 6.86. The van der Waals surface area contributed by atoms with Gasteiger partial charge in [0.05, 0.1) is 0 Å². The Kier molecular flexibility index (Phi) is 10.1. The summed E-state index contributed by atoms with van der Waals surface area (Å²) in [6.45, 7) is 7.51. The Morgan fingerprint density at radius 1 is 1.17 bits per heavy atom. The van der Waals surface area contributed by atoms with Crippen LogP contribution >= 0.6 is 24.0 Å². The molecule has 29 heavy (non-hydrogen) atoms. The van der Waals surface area contributed by atoms with Gasteiger partial charge in [0.15, 0.2) is 5.96 Å². The lowest BCUT2D eigenvalue weighted by atomic mass is 10.0. The summed E-state index contributed by atoms with van der Waals surface area (Å²) in [7, 11) is 0. The van der Waals surface area contributed by atoms with E-state index in [0.717, 1.165) is 50.5 Å². The third-order valence-electron chi connectivity index (χ3n) is 6.07. The monoisotopic (exact) mass is 520 g/mol. The van der Waals surface area contributed by atoms with E-state index in [1.165, 1.54) is 37.8 Å². The van der Waals surface area contributed by atoms with Gasteiger partial charge in [-0.25, -0.2) is 8.78 Å². The largest absolute Gasteiger partial charge is 0.357 e. The van der Waals surface area contributed by atoms with Crippen LogP contribution in [0.5, 0.6) is 0 Å². The fourth-order valence-corrected chi connectivity index (χ4v) is 4.42. The Morgan fingerprint density at radius 2 is 1.86 bits per heavy atom. The quantitative estimate of drug-likeness (QED) is 0.326. The first kappa shape index (κ1) is 24.3. The lowest BCUT2D eigenvalue weighted by Crippen LogP contribution is -2.50. The number of hydrogen-bond donors (Lipinski definition) is 2. The van der Waals surface area contributed by atoms with Gasteiger partial charge in [0.2, 0.25) is 0 Å². The molecule has 0 aromatic heterocycles. The molecule has 0 radical (unpaired) electrons. The van der Waals surface area contributed by atoms with E-state index < -0.39 is 11.6 Å². The molecule has 2 N–H and O–H groups in total. The van der Waals surface area contributed by atoms with Crippen LogP contribution in [0, 0.1) is 11.6 Å². The molecule has 1 aromatic carbocycles. The van der Waals surface area contributed by atoms with Gasteiger partial charge < -0.3 is 15.5 Å². The fourth-order valence-electron chi connectivity index (χ4n) is 4.42. The second-order valence-corrected chi connectivity index (χ2v) is 8.18. The van der Waals surface area contributed by atoms with E-state index in [1.54, 1.807) is 0 Å². The van der Waals surface area contributed by atoms with Crippen molar-refractivity contribution < 1.29 is 8.78 Å². The van der Waals surface area contributed by atoms with E-state index >= 15 is 0 Å². The lowest BCUT2D eigenvalue weighted by molar-refractivity contribution is 0.150. The number of rotatable bonds is 6. The molecule has 1 atom stereocenters. The van der Waals surface area contributed by atoms with Crippen LogP contribution in [0.15, 0.2) is 23.2 Å². The van der Waals surface area contributed by atoms with Crippen molar-refractivity contribution in [2.75, 3.05) is 26.2 Å². The lowest BCUT2D eigenvalue weighted by Gasteiger charge is -2.36. The van der Waals surface area contributed by atoms with Gasteiger partial charge >= 0.3 is 0 Å². The van der Waals surface area contributed by atoms with Gasteiger partial charge in [-0.3, -0.25) is 4.99 Å². The van der Waals surface area contributed by atoms with Crippen LogP contribution in [-0.4, -0.2) is 49.1 Å². The van der Waals surface area contributed by atoms with Gasteiger partial charge in [0, 0.05) is 50.2 Å². The minimum absolute atomic E-state index is 0. The molecule has 7 heteroatoms. The van der Waals surface area contributed by atoms with Crippen molar-refractivity contribution in [3.05, 3.63) is 35.4 Å². The van der Waals surface area contributed by atoms with Crippen LogP contribution in [0.2, 0.25) is 0 Å². The molecule has 1 aromatic rings. The summed E-state index contributed by atoms with van der Waals surface area (Å²) in [6, 6.07) is 4.99. The molecule has 3 rings (SSSR count). The molecule has 1 saturated heterocycles. The number of aliphatic imine (C=N–C) groups is 1. The molecule has 2 fully saturated rings. The molecule has 2 aliphatic rings. The number of likely N-dealkylation sites (tertiary alicyclic amines) is 1. The zero-order chi connectivity index (χ0) is 19.9. The van der Waals surface area contributed by atoms with Gasteiger partial charge in [-0.1, -0.05) is 25.8 Å². The molecule has 0 amide bonds. The Hall–Kier alpha value is -0.960. The van der Waals surface area contributed by atoms with E-state index in [9.17, 15) is 8.78 Å². The predicted octanol–water partition coefficient (Wildman–Crippen LogP) is 4.65. The Balaban J connectivity index is 0.00000300. The number of piperidine rings is 1. The molecule has 1 heterocycles. The SMILES string of the molecule is CCNC(=NCC(C)c1ccc(F)cc1F)NC1CCN(C2CCCC2)CC1.I. The van der Waals surface area contributed by atoms with E-state index in [2.05, 4.69) is 20.5 Å². The van der Waals surface area contributed by atoms with E-state index in [0.29, 0.717) is 18.2 Å². The summed E-state index contributed by atoms with van der Waals surface area (Å²) in [5.74, 6) is -0.368. The molecule has 1 aliphatic carbocycles. The fraction of sp³-hybridized carbons (Fsp3) is 0.682. The number of nitrogens with zero attached hydrogens (tertiary/aromatic N) is 2. The average Bonchev–Trinajstić information content (AvgIpc) is 3.21. The molecule has 1 aliphatic heterocycles. The number of guanidine groups is 1. The molecule has 4 nitrogen and oxygen atoms in total. The maximum absolute atomic E-state index is 14.0. The molecule has 0 spiro atoms. The van der Waals surface area contributed by atoms with Gasteiger partial charge in [-0.15, -0.1) is 24.0 Å². The van der Waals surface area contributed by atoms with Crippen LogP contribution in [0.3, 0.4) is 0 Å². The summed E-state index contributed by atoms with van der Waals surface area (Å²) in [5.41, 5.74) is 0.505. The Bertz CT molecular complexity index is 656. The molecule has 1 unspecified atom stereocenters. The minimum Gasteiger partial charge on any atom is -0.357 e. The highest BCUT2D eigenvalue weighted by Gasteiger charge is 2.27. The minimum atomic E-state index is -0.545. The number of benzene rings is 1. The highest BCUT2D eigenvalue weighted by atomic mass is 127. The molecular formula is C22H35F2IN4. The topological polar surface area (TPSA) is 39.7 Å². The van der Waals surface area contributed by atoms with Gasteiger partial charge in [-0.2, -0.15) is 0 Å². The maximum Gasteiger partial charge on any atom is 0.191 e. The number of hydrogen-bond acceptors (Lipinski definition) is 2. The average molecular weight is 520 g/mol. The van der Waals surface area contributed by atoms with Gasteiger partial charge in [0.1, 0.15) is 11.6 Å². The van der Waals surface area contributed by atoms with Crippen molar-refractivity contribution in [3.8, 4) is 0 Å².